The smallest absolute Gasteiger partial charge is 0.251 e. The lowest BCUT2D eigenvalue weighted by Crippen LogP contribution is -2.48. The molecule has 0 spiro atoms. The maximum atomic E-state index is 13.4. The highest BCUT2D eigenvalue weighted by atomic mass is 16.5. The van der Waals surface area contributed by atoms with Crippen LogP contribution < -0.4 is 10.1 Å². The molecule has 4 rings (SSSR count). The van der Waals surface area contributed by atoms with Gasteiger partial charge < -0.3 is 19.7 Å². The van der Waals surface area contributed by atoms with E-state index < -0.39 is 12.1 Å². The summed E-state index contributed by atoms with van der Waals surface area (Å²) in [7, 11) is 1.59. The first-order valence-corrected chi connectivity index (χ1v) is 12.2. The zero-order chi connectivity index (χ0) is 25.7. The maximum absolute atomic E-state index is 13.4. The molecule has 0 aromatic heterocycles. The van der Waals surface area contributed by atoms with Crippen molar-refractivity contribution in [2.75, 3.05) is 20.2 Å². The first-order chi connectivity index (χ1) is 17.3. The van der Waals surface area contributed by atoms with Crippen molar-refractivity contribution in [3.05, 3.63) is 77.9 Å². The minimum absolute atomic E-state index is 0.0257. The van der Waals surface area contributed by atoms with Crippen LogP contribution in [0.4, 0.5) is 0 Å². The molecule has 1 aliphatic rings. The molecule has 36 heavy (non-hydrogen) atoms. The van der Waals surface area contributed by atoms with Gasteiger partial charge in [-0.1, -0.05) is 56.3 Å². The van der Waals surface area contributed by atoms with Crippen molar-refractivity contribution in [3.63, 3.8) is 0 Å². The highest BCUT2D eigenvalue weighted by Crippen LogP contribution is 2.19. The Balaban J connectivity index is 1.41. The Bertz CT molecular complexity index is 1260. The zero-order valence-electron chi connectivity index (χ0n) is 20.9. The molecule has 2 atom stereocenters. The van der Waals surface area contributed by atoms with E-state index in [0.717, 1.165) is 16.3 Å². The first kappa shape index (κ1) is 25.4. The van der Waals surface area contributed by atoms with E-state index in [4.69, 9.17) is 9.47 Å². The number of methoxy groups -OCH3 is 1. The number of likely N-dealkylation sites (tertiary alicyclic amines) is 1. The van der Waals surface area contributed by atoms with Gasteiger partial charge in [-0.25, -0.2) is 0 Å². The van der Waals surface area contributed by atoms with Gasteiger partial charge in [-0.05, 0) is 52.9 Å². The third-order valence-electron chi connectivity index (χ3n) is 6.31. The Morgan fingerprint density at radius 3 is 2.56 bits per heavy atom. The number of hydrogen-bond acceptors (Lipinski definition) is 5. The predicted molar refractivity (Wildman–Crippen MR) is 138 cm³/mol. The van der Waals surface area contributed by atoms with E-state index >= 15 is 0 Å². The summed E-state index contributed by atoms with van der Waals surface area (Å²) in [5, 5.41) is 4.91. The fourth-order valence-corrected chi connectivity index (χ4v) is 4.41. The molecule has 3 aromatic rings. The fourth-order valence-electron chi connectivity index (χ4n) is 4.41. The Hall–Kier alpha value is -3.71. The first-order valence-electron chi connectivity index (χ1n) is 12.2. The van der Waals surface area contributed by atoms with E-state index in [9.17, 15) is 14.4 Å². The van der Waals surface area contributed by atoms with E-state index in [-0.39, 0.29) is 43.2 Å². The highest BCUT2D eigenvalue weighted by Gasteiger charge is 2.37. The minimum Gasteiger partial charge on any atom is -0.497 e. The Morgan fingerprint density at radius 1 is 1.03 bits per heavy atom. The lowest BCUT2D eigenvalue weighted by Gasteiger charge is -2.25. The van der Waals surface area contributed by atoms with Gasteiger partial charge in [-0.15, -0.1) is 0 Å². The van der Waals surface area contributed by atoms with Crippen LogP contribution >= 0.6 is 0 Å². The standard InChI is InChI=1S/C29H32N2O5/c1-19(2)13-25(30-28(33)23-12-11-21-8-4-5-9-22(21)15-23)29(34)31-16-26(32)27(17-31)36-18-20-7-6-10-24(14-20)35-3/h4-12,14-15,19,25,27H,13,16-18H2,1-3H3,(H,30,33)/t25-,27?/m0/s1. The molecular weight excluding hydrogens is 456 g/mol. The summed E-state index contributed by atoms with van der Waals surface area (Å²) in [4.78, 5) is 40.6. The molecule has 7 nitrogen and oxygen atoms in total. The van der Waals surface area contributed by atoms with Crippen LogP contribution in [0.3, 0.4) is 0 Å². The molecule has 0 saturated carbocycles. The van der Waals surface area contributed by atoms with Crippen LogP contribution in [0.5, 0.6) is 5.75 Å². The van der Waals surface area contributed by atoms with Crippen LogP contribution in [0.25, 0.3) is 10.8 Å². The van der Waals surface area contributed by atoms with Gasteiger partial charge in [-0.3, -0.25) is 14.4 Å². The summed E-state index contributed by atoms with van der Waals surface area (Å²) < 4.78 is 11.1. The summed E-state index contributed by atoms with van der Waals surface area (Å²) in [6.45, 7) is 4.38. The van der Waals surface area contributed by atoms with Crippen molar-refractivity contribution in [1.29, 1.82) is 0 Å². The molecular formula is C29H32N2O5. The zero-order valence-corrected chi connectivity index (χ0v) is 20.9. The second kappa shape index (κ2) is 11.4. The Labute approximate surface area is 211 Å². The molecule has 188 valence electrons. The number of rotatable bonds is 9. The number of benzene rings is 3. The van der Waals surface area contributed by atoms with Crippen LogP contribution in [0, 0.1) is 5.92 Å². The molecule has 1 fully saturated rings. The molecule has 1 N–H and O–H groups in total. The highest BCUT2D eigenvalue weighted by molar-refractivity contribution is 6.01. The van der Waals surface area contributed by atoms with Crippen LogP contribution in [-0.2, 0) is 20.9 Å². The molecule has 1 saturated heterocycles. The third kappa shape index (κ3) is 6.10. The summed E-state index contributed by atoms with van der Waals surface area (Å²) >= 11 is 0. The number of nitrogens with zero attached hydrogens (tertiary/aromatic N) is 1. The van der Waals surface area contributed by atoms with E-state index in [1.165, 1.54) is 4.90 Å². The summed E-state index contributed by atoms with van der Waals surface area (Å²) in [6.07, 6.45) is -0.228. The van der Waals surface area contributed by atoms with Crippen molar-refractivity contribution in [2.24, 2.45) is 5.92 Å². The van der Waals surface area contributed by atoms with Crippen LogP contribution in [0.2, 0.25) is 0 Å². The van der Waals surface area contributed by atoms with E-state index in [1.807, 2.05) is 74.5 Å². The van der Waals surface area contributed by atoms with Crippen molar-refractivity contribution in [1.82, 2.24) is 10.2 Å². The van der Waals surface area contributed by atoms with Crippen molar-refractivity contribution in [3.8, 4) is 5.75 Å². The van der Waals surface area contributed by atoms with E-state index in [1.54, 1.807) is 13.2 Å². The van der Waals surface area contributed by atoms with Crippen molar-refractivity contribution in [2.45, 2.75) is 39.0 Å². The Kier molecular flexibility index (Phi) is 8.00. The number of amides is 2. The van der Waals surface area contributed by atoms with Gasteiger partial charge in [0, 0.05) is 5.56 Å². The monoisotopic (exact) mass is 488 g/mol. The van der Waals surface area contributed by atoms with Gasteiger partial charge >= 0.3 is 0 Å². The van der Waals surface area contributed by atoms with Gasteiger partial charge in [0.05, 0.1) is 26.8 Å². The van der Waals surface area contributed by atoms with Gasteiger partial charge in [0.15, 0.2) is 5.78 Å². The van der Waals surface area contributed by atoms with Crippen LogP contribution in [0.1, 0.15) is 36.2 Å². The van der Waals surface area contributed by atoms with E-state index in [2.05, 4.69) is 5.32 Å². The molecule has 0 aliphatic carbocycles. The SMILES string of the molecule is COc1cccc(COC2CN(C(=O)[C@H](CC(C)C)NC(=O)c3ccc4ccccc4c3)CC2=O)c1. The topological polar surface area (TPSA) is 84.9 Å². The number of ketones is 1. The second-order valence-corrected chi connectivity index (χ2v) is 9.55. The number of carbonyl (C=O) groups excluding carboxylic acids is 3. The van der Waals surface area contributed by atoms with Crippen molar-refractivity contribution < 1.29 is 23.9 Å². The quantitative estimate of drug-likeness (QED) is 0.492. The number of hydrogen-bond donors (Lipinski definition) is 1. The largest absolute Gasteiger partial charge is 0.497 e. The minimum atomic E-state index is -0.728. The van der Waals surface area contributed by atoms with Gasteiger partial charge in [-0.2, -0.15) is 0 Å². The van der Waals surface area contributed by atoms with Gasteiger partial charge in [0.25, 0.3) is 5.91 Å². The molecule has 0 bridgehead atoms. The van der Waals surface area contributed by atoms with Gasteiger partial charge in [0.2, 0.25) is 5.91 Å². The number of nitrogens with one attached hydrogen (secondary N) is 1. The second-order valence-electron chi connectivity index (χ2n) is 9.55. The summed E-state index contributed by atoms with van der Waals surface area (Å²) in [5.74, 6) is 0.170. The number of carbonyl (C=O) groups is 3. The average Bonchev–Trinajstić information content (AvgIpc) is 3.26. The third-order valence-corrected chi connectivity index (χ3v) is 6.31. The fraction of sp³-hybridized carbons (Fsp3) is 0.345. The van der Waals surface area contributed by atoms with Crippen molar-refractivity contribution >= 4 is 28.4 Å². The van der Waals surface area contributed by atoms with Crippen LogP contribution in [0.15, 0.2) is 66.7 Å². The van der Waals surface area contributed by atoms with E-state index in [0.29, 0.717) is 17.7 Å². The summed E-state index contributed by atoms with van der Waals surface area (Å²) in [6, 6.07) is 20.0. The molecule has 7 heteroatoms. The predicted octanol–water partition coefficient (Wildman–Crippen LogP) is 3.99. The normalized spacial score (nSPS) is 16.4. The average molecular weight is 489 g/mol. The number of Topliss-reactive ketones (excluding diaryl/α,β-unsaturated/α-hetero) is 1. The maximum Gasteiger partial charge on any atom is 0.251 e. The van der Waals surface area contributed by atoms with Crippen LogP contribution in [-0.4, -0.2) is 54.8 Å². The van der Waals surface area contributed by atoms with Gasteiger partial charge in [0.1, 0.15) is 17.9 Å². The Morgan fingerprint density at radius 2 is 1.81 bits per heavy atom. The lowest BCUT2D eigenvalue weighted by molar-refractivity contribution is -0.133. The number of fused-ring (bicyclic) bond motifs is 1. The summed E-state index contributed by atoms with van der Waals surface area (Å²) in [5.41, 5.74) is 1.37. The molecule has 3 aromatic carbocycles. The molecule has 1 unspecified atom stereocenters. The molecule has 1 aliphatic heterocycles. The molecule has 2 amide bonds. The lowest BCUT2D eigenvalue weighted by atomic mass is 10.0. The molecule has 1 heterocycles. The molecule has 0 radical (unpaired) electrons. The number of ether oxygens (including phenoxy) is 2.